The lowest BCUT2D eigenvalue weighted by molar-refractivity contribution is -0.150. The van der Waals surface area contributed by atoms with E-state index in [9.17, 15) is 18.0 Å². The molecule has 0 atom stereocenters. The standard InChI is InChI=1S/C11H21F3N2O/c1-4-10(5-2,8-15)9(17)16(3)7-6-11(12,13)14/h4-8,15H2,1-3H3. The molecule has 0 aromatic carbocycles. The van der Waals surface area contributed by atoms with Gasteiger partial charge in [0.2, 0.25) is 5.91 Å². The van der Waals surface area contributed by atoms with Crippen molar-refractivity contribution >= 4 is 5.91 Å². The lowest BCUT2D eigenvalue weighted by Gasteiger charge is -2.33. The summed E-state index contributed by atoms with van der Waals surface area (Å²) >= 11 is 0. The Balaban J connectivity index is 4.57. The Morgan fingerprint density at radius 3 is 2.00 bits per heavy atom. The second-order valence-corrected chi connectivity index (χ2v) is 4.28. The van der Waals surface area contributed by atoms with E-state index in [1.807, 2.05) is 13.8 Å². The molecule has 17 heavy (non-hydrogen) atoms. The minimum absolute atomic E-state index is 0.162. The third kappa shape index (κ3) is 4.53. The first-order valence-corrected chi connectivity index (χ1v) is 5.74. The van der Waals surface area contributed by atoms with Gasteiger partial charge in [-0.3, -0.25) is 4.79 Å². The van der Waals surface area contributed by atoms with E-state index in [1.165, 1.54) is 7.05 Å². The minimum atomic E-state index is -4.24. The molecule has 102 valence electrons. The molecule has 0 aliphatic heterocycles. The van der Waals surface area contributed by atoms with Crippen molar-refractivity contribution < 1.29 is 18.0 Å². The molecular weight excluding hydrogens is 233 g/mol. The van der Waals surface area contributed by atoms with Crippen molar-refractivity contribution in [1.82, 2.24) is 4.90 Å². The maximum absolute atomic E-state index is 12.1. The van der Waals surface area contributed by atoms with Crippen LogP contribution in [-0.4, -0.2) is 37.1 Å². The monoisotopic (exact) mass is 254 g/mol. The van der Waals surface area contributed by atoms with Crippen LogP contribution in [0, 0.1) is 5.41 Å². The number of hydrogen-bond donors (Lipinski definition) is 1. The van der Waals surface area contributed by atoms with Gasteiger partial charge in [-0.15, -0.1) is 0 Å². The number of alkyl halides is 3. The maximum atomic E-state index is 12.1. The quantitative estimate of drug-likeness (QED) is 0.789. The average Bonchev–Trinajstić information content (AvgIpc) is 2.27. The lowest BCUT2D eigenvalue weighted by Crippen LogP contribution is -2.46. The Bertz CT molecular complexity index is 241. The second-order valence-electron chi connectivity index (χ2n) is 4.28. The Morgan fingerprint density at radius 2 is 1.71 bits per heavy atom. The highest BCUT2D eigenvalue weighted by Crippen LogP contribution is 2.28. The summed E-state index contributed by atoms with van der Waals surface area (Å²) in [6.07, 6.45) is -4.15. The molecule has 0 fully saturated rings. The van der Waals surface area contributed by atoms with Crippen LogP contribution in [0.4, 0.5) is 13.2 Å². The molecule has 0 aromatic rings. The predicted molar refractivity (Wildman–Crippen MR) is 60.4 cm³/mol. The zero-order valence-electron chi connectivity index (χ0n) is 10.6. The fraction of sp³-hybridized carbons (Fsp3) is 0.909. The van der Waals surface area contributed by atoms with E-state index in [0.717, 1.165) is 4.90 Å². The third-order valence-corrected chi connectivity index (χ3v) is 3.28. The predicted octanol–water partition coefficient (Wildman–Crippen LogP) is 2.16. The number of carbonyl (C=O) groups excluding carboxylic acids is 1. The summed E-state index contributed by atoms with van der Waals surface area (Å²) in [5.41, 5.74) is 4.86. The smallest absolute Gasteiger partial charge is 0.345 e. The summed E-state index contributed by atoms with van der Waals surface area (Å²) in [5.74, 6) is -0.297. The second kappa shape index (κ2) is 6.23. The van der Waals surface area contributed by atoms with E-state index in [1.54, 1.807) is 0 Å². The van der Waals surface area contributed by atoms with Gasteiger partial charge in [0.05, 0.1) is 11.8 Å². The molecule has 0 aliphatic carbocycles. The van der Waals surface area contributed by atoms with Crippen molar-refractivity contribution in [2.24, 2.45) is 11.1 Å². The van der Waals surface area contributed by atoms with Gasteiger partial charge < -0.3 is 10.6 Å². The Kier molecular flexibility index (Phi) is 5.95. The number of halogens is 3. The van der Waals surface area contributed by atoms with Crippen LogP contribution in [0.15, 0.2) is 0 Å². The van der Waals surface area contributed by atoms with Crippen LogP contribution < -0.4 is 5.73 Å². The Labute approximate surface area is 100 Å². The molecule has 2 N–H and O–H groups in total. The van der Waals surface area contributed by atoms with Crippen LogP contribution in [0.2, 0.25) is 0 Å². The van der Waals surface area contributed by atoms with Crippen LogP contribution in [0.1, 0.15) is 33.1 Å². The molecule has 0 bridgehead atoms. The number of hydrogen-bond acceptors (Lipinski definition) is 2. The third-order valence-electron chi connectivity index (χ3n) is 3.28. The van der Waals surface area contributed by atoms with Crippen LogP contribution in [-0.2, 0) is 4.79 Å². The molecule has 0 heterocycles. The summed E-state index contributed by atoms with van der Waals surface area (Å²) < 4.78 is 36.2. The largest absolute Gasteiger partial charge is 0.390 e. The van der Waals surface area contributed by atoms with Crippen molar-refractivity contribution in [3.05, 3.63) is 0 Å². The highest BCUT2D eigenvalue weighted by Gasteiger charge is 2.37. The highest BCUT2D eigenvalue weighted by molar-refractivity contribution is 5.82. The summed E-state index contributed by atoms with van der Waals surface area (Å²) in [4.78, 5) is 13.2. The maximum Gasteiger partial charge on any atom is 0.390 e. The van der Waals surface area contributed by atoms with Crippen molar-refractivity contribution in [1.29, 1.82) is 0 Å². The average molecular weight is 254 g/mol. The molecule has 0 rings (SSSR count). The van der Waals surface area contributed by atoms with E-state index in [-0.39, 0.29) is 19.0 Å². The lowest BCUT2D eigenvalue weighted by atomic mass is 9.81. The molecule has 0 spiro atoms. The van der Waals surface area contributed by atoms with Gasteiger partial charge >= 0.3 is 6.18 Å². The molecule has 1 amide bonds. The van der Waals surface area contributed by atoms with Gasteiger partial charge in [0.25, 0.3) is 0 Å². The van der Waals surface area contributed by atoms with Crippen LogP contribution in [0.25, 0.3) is 0 Å². The molecule has 0 unspecified atom stereocenters. The zero-order chi connectivity index (χ0) is 13.7. The minimum Gasteiger partial charge on any atom is -0.345 e. The van der Waals surface area contributed by atoms with E-state index < -0.39 is 18.0 Å². The fourth-order valence-electron chi connectivity index (χ4n) is 1.73. The normalized spacial score (nSPS) is 12.6. The molecule has 0 aromatic heterocycles. The number of rotatable bonds is 6. The molecular formula is C11H21F3N2O. The fourth-order valence-corrected chi connectivity index (χ4v) is 1.73. The number of nitrogens with two attached hydrogens (primary N) is 1. The van der Waals surface area contributed by atoms with E-state index in [0.29, 0.717) is 12.8 Å². The Hall–Kier alpha value is -0.780. The van der Waals surface area contributed by atoms with E-state index in [4.69, 9.17) is 5.73 Å². The van der Waals surface area contributed by atoms with Crippen LogP contribution in [0.3, 0.4) is 0 Å². The van der Waals surface area contributed by atoms with Crippen molar-refractivity contribution in [3.8, 4) is 0 Å². The number of nitrogens with zero attached hydrogens (tertiary/aromatic N) is 1. The molecule has 0 saturated carbocycles. The Morgan fingerprint density at radius 1 is 1.24 bits per heavy atom. The summed E-state index contributed by atoms with van der Waals surface area (Å²) in [6, 6.07) is 0. The molecule has 0 radical (unpaired) electrons. The van der Waals surface area contributed by atoms with Crippen LogP contribution >= 0.6 is 0 Å². The number of amides is 1. The van der Waals surface area contributed by atoms with Gasteiger partial charge in [0.15, 0.2) is 0 Å². The van der Waals surface area contributed by atoms with Gasteiger partial charge in [-0.05, 0) is 12.8 Å². The van der Waals surface area contributed by atoms with Crippen molar-refractivity contribution in [3.63, 3.8) is 0 Å². The summed E-state index contributed by atoms with van der Waals surface area (Å²) in [5, 5.41) is 0. The van der Waals surface area contributed by atoms with Gasteiger partial charge in [-0.2, -0.15) is 13.2 Å². The molecule has 3 nitrogen and oxygen atoms in total. The first-order chi connectivity index (χ1) is 7.72. The first kappa shape index (κ1) is 16.2. The molecule has 0 saturated heterocycles. The van der Waals surface area contributed by atoms with E-state index >= 15 is 0 Å². The summed E-state index contributed by atoms with van der Waals surface area (Å²) in [7, 11) is 1.39. The highest BCUT2D eigenvalue weighted by atomic mass is 19.4. The van der Waals surface area contributed by atoms with Gasteiger partial charge in [-0.1, -0.05) is 13.8 Å². The zero-order valence-corrected chi connectivity index (χ0v) is 10.6. The van der Waals surface area contributed by atoms with Crippen molar-refractivity contribution in [2.75, 3.05) is 20.1 Å². The van der Waals surface area contributed by atoms with Gasteiger partial charge in [-0.25, -0.2) is 0 Å². The van der Waals surface area contributed by atoms with Crippen LogP contribution in [0.5, 0.6) is 0 Å². The van der Waals surface area contributed by atoms with Gasteiger partial charge in [0.1, 0.15) is 0 Å². The van der Waals surface area contributed by atoms with Crippen molar-refractivity contribution in [2.45, 2.75) is 39.3 Å². The van der Waals surface area contributed by atoms with E-state index in [2.05, 4.69) is 0 Å². The molecule has 0 aliphatic rings. The van der Waals surface area contributed by atoms with Gasteiger partial charge in [0, 0.05) is 20.1 Å². The summed E-state index contributed by atoms with van der Waals surface area (Å²) in [6.45, 7) is 3.50. The number of carbonyl (C=O) groups is 1. The SMILES string of the molecule is CCC(CC)(CN)C(=O)N(C)CCC(F)(F)F. The topological polar surface area (TPSA) is 46.3 Å². The first-order valence-electron chi connectivity index (χ1n) is 5.74. The molecule has 6 heteroatoms.